The second-order valence-electron chi connectivity index (χ2n) is 3.66. The summed E-state index contributed by atoms with van der Waals surface area (Å²) in [5, 5.41) is 18.0. The quantitative estimate of drug-likeness (QED) is 0.694. The monoisotopic (exact) mass is 209 g/mol. The van der Waals surface area contributed by atoms with Crippen LogP contribution < -0.4 is 5.73 Å². The van der Waals surface area contributed by atoms with Crippen LogP contribution in [0.3, 0.4) is 0 Å². The molecule has 0 aromatic heterocycles. The lowest BCUT2D eigenvalue weighted by Crippen LogP contribution is -2.49. The summed E-state index contributed by atoms with van der Waals surface area (Å²) in [4.78, 5) is 10.9. The molecular weight excluding hydrogens is 194 g/mol. The third-order valence-electron chi connectivity index (χ3n) is 2.51. The molecule has 1 rings (SSSR count). The molecule has 0 spiro atoms. The van der Waals surface area contributed by atoms with Crippen LogP contribution in [0.4, 0.5) is 0 Å². The Hall–Kier alpha value is -1.55. The van der Waals surface area contributed by atoms with Crippen molar-refractivity contribution in [1.29, 1.82) is 0 Å². The molecule has 1 aromatic carbocycles. The highest BCUT2D eigenvalue weighted by molar-refractivity contribution is 5.78. The fourth-order valence-electron chi connectivity index (χ4n) is 1.33. The van der Waals surface area contributed by atoms with Crippen molar-refractivity contribution >= 4 is 5.97 Å². The fraction of sp³-hybridized carbons (Fsp3) is 0.364. The SMILES string of the molecule is CCC(N)(Cc1ccc(O)cc1)C(=O)O. The molecule has 4 heteroatoms. The Kier molecular flexibility index (Phi) is 3.31. The maximum absolute atomic E-state index is 10.9. The smallest absolute Gasteiger partial charge is 0.324 e. The summed E-state index contributed by atoms with van der Waals surface area (Å²) < 4.78 is 0. The lowest BCUT2D eigenvalue weighted by atomic mass is 9.89. The summed E-state index contributed by atoms with van der Waals surface area (Å²) in [7, 11) is 0. The van der Waals surface area contributed by atoms with Crippen molar-refractivity contribution in [2.24, 2.45) is 5.73 Å². The van der Waals surface area contributed by atoms with Gasteiger partial charge in [0.25, 0.3) is 0 Å². The van der Waals surface area contributed by atoms with Gasteiger partial charge in [0, 0.05) is 6.42 Å². The number of rotatable bonds is 4. The second kappa shape index (κ2) is 4.31. The Labute approximate surface area is 88.3 Å². The van der Waals surface area contributed by atoms with Crippen molar-refractivity contribution in [3.05, 3.63) is 29.8 Å². The highest BCUT2D eigenvalue weighted by Gasteiger charge is 2.31. The van der Waals surface area contributed by atoms with E-state index in [-0.39, 0.29) is 12.2 Å². The molecule has 1 unspecified atom stereocenters. The van der Waals surface area contributed by atoms with Crippen molar-refractivity contribution in [1.82, 2.24) is 0 Å². The van der Waals surface area contributed by atoms with Crippen LogP contribution in [-0.4, -0.2) is 21.7 Å². The van der Waals surface area contributed by atoms with Crippen molar-refractivity contribution in [2.45, 2.75) is 25.3 Å². The zero-order valence-corrected chi connectivity index (χ0v) is 8.60. The molecule has 1 aromatic rings. The number of benzene rings is 1. The molecule has 4 nitrogen and oxygen atoms in total. The van der Waals surface area contributed by atoms with Crippen LogP contribution in [0.5, 0.6) is 5.75 Å². The van der Waals surface area contributed by atoms with Gasteiger partial charge in [-0.1, -0.05) is 19.1 Å². The van der Waals surface area contributed by atoms with E-state index < -0.39 is 11.5 Å². The van der Waals surface area contributed by atoms with E-state index in [9.17, 15) is 4.79 Å². The maximum Gasteiger partial charge on any atom is 0.324 e. The Morgan fingerprint density at radius 1 is 1.40 bits per heavy atom. The van der Waals surface area contributed by atoms with Gasteiger partial charge in [-0.05, 0) is 24.1 Å². The first-order valence-electron chi connectivity index (χ1n) is 4.78. The van der Waals surface area contributed by atoms with Crippen LogP contribution in [0, 0.1) is 0 Å². The minimum atomic E-state index is -1.23. The molecule has 0 aliphatic rings. The van der Waals surface area contributed by atoms with Gasteiger partial charge in [0.1, 0.15) is 11.3 Å². The predicted molar refractivity (Wildman–Crippen MR) is 56.7 cm³/mol. The molecule has 82 valence electrons. The third-order valence-corrected chi connectivity index (χ3v) is 2.51. The van der Waals surface area contributed by atoms with E-state index in [0.717, 1.165) is 5.56 Å². The van der Waals surface area contributed by atoms with Crippen LogP contribution in [-0.2, 0) is 11.2 Å². The van der Waals surface area contributed by atoms with Gasteiger partial charge >= 0.3 is 5.97 Å². The van der Waals surface area contributed by atoms with Gasteiger partial charge in [-0.25, -0.2) is 0 Å². The van der Waals surface area contributed by atoms with E-state index in [2.05, 4.69) is 0 Å². The lowest BCUT2D eigenvalue weighted by Gasteiger charge is -2.22. The summed E-state index contributed by atoms with van der Waals surface area (Å²) in [5.41, 5.74) is 5.33. The molecule has 0 bridgehead atoms. The van der Waals surface area contributed by atoms with Gasteiger partial charge in [0.15, 0.2) is 0 Å². The molecule has 0 saturated heterocycles. The van der Waals surface area contributed by atoms with Crippen LogP contribution in [0.15, 0.2) is 24.3 Å². The van der Waals surface area contributed by atoms with E-state index in [1.807, 2.05) is 0 Å². The number of hydrogen-bond acceptors (Lipinski definition) is 3. The first-order chi connectivity index (χ1) is 6.98. The standard InChI is InChI=1S/C11H15NO3/c1-2-11(12,10(14)15)7-8-3-5-9(13)6-4-8/h3-6,13H,2,7,12H2,1H3,(H,14,15). The average molecular weight is 209 g/mol. The first-order valence-corrected chi connectivity index (χ1v) is 4.78. The van der Waals surface area contributed by atoms with E-state index in [0.29, 0.717) is 6.42 Å². The zero-order chi connectivity index (χ0) is 11.5. The molecule has 0 amide bonds. The van der Waals surface area contributed by atoms with Gasteiger partial charge in [-0.2, -0.15) is 0 Å². The molecule has 1 atom stereocenters. The third kappa shape index (κ3) is 2.70. The number of hydrogen-bond donors (Lipinski definition) is 3. The highest BCUT2D eigenvalue weighted by Crippen LogP contribution is 2.17. The number of phenolic OH excluding ortho intramolecular Hbond substituents is 1. The molecular formula is C11H15NO3. The summed E-state index contributed by atoms with van der Waals surface area (Å²) in [6.45, 7) is 1.74. The Morgan fingerprint density at radius 3 is 2.33 bits per heavy atom. The normalized spacial score (nSPS) is 14.5. The summed E-state index contributed by atoms with van der Waals surface area (Å²) >= 11 is 0. The van der Waals surface area contributed by atoms with Gasteiger partial charge in [-0.3, -0.25) is 4.79 Å². The average Bonchev–Trinajstić information content (AvgIpc) is 2.21. The van der Waals surface area contributed by atoms with Gasteiger partial charge < -0.3 is 15.9 Å². The van der Waals surface area contributed by atoms with Gasteiger partial charge in [-0.15, -0.1) is 0 Å². The molecule has 0 aliphatic carbocycles. The predicted octanol–water partition coefficient (Wildman–Crippen LogP) is 1.13. The topological polar surface area (TPSA) is 83.5 Å². The molecule has 0 radical (unpaired) electrons. The maximum atomic E-state index is 10.9. The summed E-state index contributed by atoms with van der Waals surface area (Å²) in [6.07, 6.45) is 0.627. The molecule has 0 saturated carbocycles. The number of phenols is 1. The molecule has 0 heterocycles. The van der Waals surface area contributed by atoms with Crippen LogP contribution in [0.25, 0.3) is 0 Å². The van der Waals surface area contributed by atoms with Crippen molar-refractivity contribution < 1.29 is 15.0 Å². The van der Waals surface area contributed by atoms with Gasteiger partial charge in [0.05, 0.1) is 0 Å². The van der Waals surface area contributed by atoms with Crippen LogP contribution >= 0.6 is 0 Å². The second-order valence-corrected chi connectivity index (χ2v) is 3.66. The van der Waals surface area contributed by atoms with Crippen molar-refractivity contribution in [3.63, 3.8) is 0 Å². The van der Waals surface area contributed by atoms with E-state index in [1.54, 1.807) is 19.1 Å². The summed E-state index contributed by atoms with van der Waals surface area (Å²) in [6, 6.07) is 6.39. The van der Waals surface area contributed by atoms with Gasteiger partial charge in [0.2, 0.25) is 0 Å². The molecule has 0 aliphatic heterocycles. The highest BCUT2D eigenvalue weighted by atomic mass is 16.4. The van der Waals surface area contributed by atoms with E-state index >= 15 is 0 Å². The van der Waals surface area contributed by atoms with Crippen molar-refractivity contribution in [3.8, 4) is 5.75 Å². The summed E-state index contributed by atoms with van der Waals surface area (Å²) in [5.74, 6) is -0.841. The van der Waals surface area contributed by atoms with Crippen molar-refractivity contribution in [2.75, 3.05) is 0 Å². The lowest BCUT2D eigenvalue weighted by molar-refractivity contribution is -0.143. The number of aromatic hydroxyl groups is 1. The molecule has 4 N–H and O–H groups in total. The molecule has 0 fully saturated rings. The fourth-order valence-corrected chi connectivity index (χ4v) is 1.33. The number of carbonyl (C=O) groups is 1. The largest absolute Gasteiger partial charge is 0.508 e. The van der Waals surface area contributed by atoms with E-state index in [1.165, 1.54) is 12.1 Å². The Balaban J connectivity index is 2.84. The Morgan fingerprint density at radius 2 is 1.93 bits per heavy atom. The number of carboxylic acid groups (broad SMARTS) is 1. The first kappa shape index (κ1) is 11.5. The van der Waals surface area contributed by atoms with Crippen LogP contribution in [0.2, 0.25) is 0 Å². The zero-order valence-electron chi connectivity index (χ0n) is 8.60. The van der Waals surface area contributed by atoms with E-state index in [4.69, 9.17) is 15.9 Å². The number of nitrogens with two attached hydrogens (primary N) is 1. The minimum Gasteiger partial charge on any atom is -0.508 e. The van der Waals surface area contributed by atoms with Crippen LogP contribution in [0.1, 0.15) is 18.9 Å². The number of aliphatic carboxylic acids is 1. The number of carboxylic acids is 1. The minimum absolute atomic E-state index is 0.160. The molecule has 15 heavy (non-hydrogen) atoms. The Bertz CT molecular complexity index is 347.